The van der Waals surface area contributed by atoms with Crippen LogP contribution in [0.5, 0.6) is 0 Å². The van der Waals surface area contributed by atoms with Crippen molar-refractivity contribution in [1.82, 2.24) is 4.90 Å². The molecule has 1 saturated heterocycles. The van der Waals surface area contributed by atoms with Crippen LogP contribution in [0.4, 0.5) is 4.79 Å². The van der Waals surface area contributed by atoms with Gasteiger partial charge in [0.15, 0.2) is 6.42 Å². The molecule has 3 atom stereocenters. The molecule has 0 radical (unpaired) electrons. The predicted octanol–water partition coefficient (Wildman–Crippen LogP) is 4.99. The van der Waals surface area contributed by atoms with Crippen LogP contribution < -0.4 is 0 Å². The van der Waals surface area contributed by atoms with Gasteiger partial charge in [-0.3, -0.25) is 4.90 Å². The van der Waals surface area contributed by atoms with Crippen LogP contribution in [-0.4, -0.2) is 34.3 Å². The molecule has 0 aromatic rings. The molecule has 0 aliphatic carbocycles. The van der Waals surface area contributed by atoms with Crippen molar-refractivity contribution in [2.45, 2.75) is 76.7 Å². The third-order valence-corrected chi connectivity index (χ3v) is 4.99. The first-order valence-corrected chi connectivity index (χ1v) is 9.55. The summed E-state index contributed by atoms with van der Waals surface area (Å²) >= 11 is 0. The van der Waals surface area contributed by atoms with Gasteiger partial charge in [0.25, 0.3) is 0 Å². The van der Waals surface area contributed by atoms with Crippen molar-refractivity contribution in [2.24, 2.45) is 5.92 Å². The van der Waals surface area contributed by atoms with Crippen molar-refractivity contribution in [3.8, 4) is 11.8 Å². The predicted molar refractivity (Wildman–Crippen MR) is 109 cm³/mol. The van der Waals surface area contributed by atoms with Crippen molar-refractivity contribution in [3.05, 3.63) is 52.9 Å². The average Bonchev–Trinajstić information content (AvgIpc) is 2.96. The number of hydrogen-bond acceptors (Lipinski definition) is 2. The molecule has 5 nitrogen and oxygen atoms in total. The van der Waals surface area contributed by atoms with Gasteiger partial charge in [0.1, 0.15) is 11.2 Å². The first-order valence-electron chi connectivity index (χ1n) is 9.55. The Labute approximate surface area is 168 Å². The quantitative estimate of drug-likeness (QED) is 0.301. The second-order valence-electron chi connectivity index (χ2n) is 8.04. The van der Waals surface area contributed by atoms with Gasteiger partial charge in [-0.2, -0.15) is 0 Å². The number of amides is 1. The van der Waals surface area contributed by atoms with Crippen molar-refractivity contribution in [3.63, 3.8) is 0 Å². The van der Waals surface area contributed by atoms with Gasteiger partial charge in [0.05, 0.1) is 6.04 Å². The fourth-order valence-electron chi connectivity index (χ4n) is 3.87. The first kappa shape index (κ1) is 21.4. The van der Waals surface area contributed by atoms with E-state index < -0.39 is 11.3 Å². The second kappa shape index (κ2) is 8.39. The van der Waals surface area contributed by atoms with Crippen LogP contribution in [0.3, 0.4) is 0 Å². The van der Waals surface area contributed by atoms with E-state index in [2.05, 4.69) is 33.8 Å². The Morgan fingerprint density at radius 2 is 2.04 bits per heavy atom. The average molecular weight is 377 g/mol. The Morgan fingerprint density at radius 3 is 2.57 bits per heavy atom. The molecule has 2 aliphatic rings. The van der Waals surface area contributed by atoms with Gasteiger partial charge in [-0.25, -0.2) is 27.6 Å². The SMILES string of the molecule is [C-]#[N+]C(CC#CCC)([N+]#[C-])C1=C[C@H]2CCC([C@@H]1C=C=C)N2C(=O)OC(C)(C)C. The summed E-state index contributed by atoms with van der Waals surface area (Å²) in [6.45, 7) is 26.7. The summed E-state index contributed by atoms with van der Waals surface area (Å²) in [5.41, 5.74) is 1.56. The zero-order valence-corrected chi connectivity index (χ0v) is 17.1. The molecule has 0 spiro atoms. The van der Waals surface area contributed by atoms with Gasteiger partial charge in [-0.15, -0.1) is 11.7 Å². The monoisotopic (exact) mass is 377 g/mol. The highest BCUT2D eigenvalue weighted by atomic mass is 16.6. The Balaban J connectivity index is 2.50. The van der Waals surface area contributed by atoms with Crippen LogP contribution in [0.15, 0.2) is 30.0 Å². The van der Waals surface area contributed by atoms with Crippen molar-refractivity contribution in [2.75, 3.05) is 0 Å². The maximum atomic E-state index is 12.8. The Bertz CT molecular complexity index is 833. The van der Waals surface area contributed by atoms with E-state index in [1.807, 2.05) is 33.8 Å². The van der Waals surface area contributed by atoms with Crippen molar-refractivity contribution >= 4 is 6.09 Å². The number of fused-ring (bicyclic) bond motifs is 2. The lowest BCUT2D eigenvalue weighted by atomic mass is 9.79. The molecule has 2 aliphatic heterocycles. The van der Waals surface area contributed by atoms with E-state index in [9.17, 15) is 4.79 Å². The van der Waals surface area contributed by atoms with E-state index in [1.54, 1.807) is 11.0 Å². The highest BCUT2D eigenvalue weighted by Crippen LogP contribution is 2.46. The number of nitrogens with zero attached hydrogens (tertiary/aromatic N) is 3. The highest BCUT2D eigenvalue weighted by molar-refractivity contribution is 5.71. The molecule has 2 heterocycles. The molecular formula is C23H27N3O2. The zero-order valence-electron chi connectivity index (χ0n) is 17.1. The standard InChI is InChI=1S/C23H27N3O2/c1-8-10-11-15-23(24-6,25-7)19-16-17-13-14-20(18(19)12-9-2)26(17)21(27)28-22(3,4)5/h12,16-18,20H,2,8,13-15H2,1,3-5H3/t17-,18-,20?/m1/s1. The maximum absolute atomic E-state index is 12.8. The molecule has 2 bridgehead atoms. The zero-order chi connectivity index (χ0) is 20.9. The number of hydrogen-bond donors (Lipinski definition) is 0. The molecule has 0 aromatic carbocycles. The highest BCUT2D eigenvalue weighted by Gasteiger charge is 2.58. The fraction of sp³-hybridized carbons (Fsp3) is 0.565. The molecule has 0 saturated carbocycles. The summed E-state index contributed by atoms with van der Waals surface area (Å²) in [5, 5.41) is 0. The normalized spacial score (nSPS) is 23.3. The summed E-state index contributed by atoms with van der Waals surface area (Å²) in [5.74, 6) is 5.65. The third kappa shape index (κ3) is 4.14. The van der Waals surface area contributed by atoms with E-state index in [4.69, 9.17) is 17.9 Å². The molecule has 1 fully saturated rings. The molecule has 2 rings (SSSR count). The van der Waals surface area contributed by atoms with Crippen molar-refractivity contribution < 1.29 is 9.53 Å². The van der Waals surface area contributed by atoms with Crippen molar-refractivity contribution in [1.29, 1.82) is 0 Å². The van der Waals surface area contributed by atoms with Gasteiger partial charge < -0.3 is 4.74 Å². The van der Waals surface area contributed by atoms with Crippen LogP contribution in [0.25, 0.3) is 9.69 Å². The molecule has 1 amide bonds. The van der Waals surface area contributed by atoms with E-state index in [-0.39, 0.29) is 30.5 Å². The number of carbonyl (C=O) groups is 1. The molecule has 28 heavy (non-hydrogen) atoms. The molecular weight excluding hydrogens is 350 g/mol. The molecule has 146 valence electrons. The second-order valence-corrected chi connectivity index (χ2v) is 8.04. The minimum atomic E-state index is -1.37. The molecule has 0 aromatic heterocycles. The van der Waals surface area contributed by atoms with E-state index in [0.717, 1.165) is 12.8 Å². The Morgan fingerprint density at radius 1 is 1.36 bits per heavy atom. The number of ether oxygens (including phenoxy) is 1. The lowest BCUT2D eigenvalue weighted by Gasteiger charge is -2.38. The van der Waals surface area contributed by atoms with Crippen LogP contribution in [0, 0.1) is 30.9 Å². The van der Waals surface area contributed by atoms with Crippen LogP contribution >= 0.6 is 0 Å². The van der Waals surface area contributed by atoms with E-state index in [1.165, 1.54) is 0 Å². The lowest BCUT2D eigenvalue weighted by Crippen LogP contribution is -2.51. The van der Waals surface area contributed by atoms with Crippen LogP contribution in [-0.2, 0) is 4.74 Å². The van der Waals surface area contributed by atoms with Gasteiger partial charge in [0, 0.05) is 18.4 Å². The summed E-state index contributed by atoms with van der Waals surface area (Å²) in [7, 11) is 0. The Hall–Kier alpha value is -2.93. The van der Waals surface area contributed by atoms with Gasteiger partial charge in [0.2, 0.25) is 0 Å². The summed E-state index contributed by atoms with van der Waals surface area (Å²) in [6.07, 6.45) is 5.72. The summed E-state index contributed by atoms with van der Waals surface area (Å²) in [6, 6.07) is -0.345. The lowest BCUT2D eigenvalue weighted by molar-refractivity contribution is 0.0135. The third-order valence-electron chi connectivity index (χ3n) is 4.99. The van der Waals surface area contributed by atoms with Gasteiger partial charge in [-0.1, -0.05) is 19.4 Å². The van der Waals surface area contributed by atoms with E-state index >= 15 is 0 Å². The fourth-order valence-corrected chi connectivity index (χ4v) is 3.87. The topological polar surface area (TPSA) is 38.3 Å². The van der Waals surface area contributed by atoms with Crippen LogP contribution in [0.2, 0.25) is 0 Å². The minimum Gasteiger partial charge on any atom is -0.444 e. The maximum Gasteiger partial charge on any atom is 0.517 e. The van der Waals surface area contributed by atoms with Crippen LogP contribution in [0.1, 0.15) is 53.4 Å². The number of rotatable bonds is 3. The van der Waals surface area contributed by atoms with E-state index in [0.29, 0.717) is 12.0 Å². The summed E-state index contributed by atoms with van der Waals surface area (Å²) in [4.78, 5) is 22.0. The van der Waals surface area contributed by atoms with Gasteiger partial charge >= 0.3 is 11.8 Å². The summed E-state index contributed by atoms with van der Waals surface area (Å²) < 4.78 is 5.60. The largest absolute Gasteiger partial charge is 0.517 e. The minimum absolute atomic E-state index is 0.160. The smallest absolute Gasteiger partial charge is 0.444 e. The van der Waals surface area contributed by atoms with Gasteiger partial charge in [-0.05, 0) is 45.8 Å². The first-order chi connectivity index (χ1) is 13.2. The molecule has 1 unspecified atom stereocenters. The molecule has 5 heteroatoms. The number of carbonyl (C=O) groups excluding carboxylic acids is 1. The Kier molecular flexibility index (Phi) is 6.41. The molecule has 0 N–H and O–H groups in total.